The van der Waals surface area contributed by atoms with E-state index in [1.54, 1.807) is 10.9 Å². The average Bonchev–Trinajstić information content (AvgIpc) is 2.95. The van der Waals surface area contributed by atoms with Crippen LogP contribution in [0.3, 0.4) is 0 Å². The van der Waals surface area contributed by atoms with Crippen molar-refractivity contribution in [2.45, 2.75) is 6.54 Å². The standard InChI is InChI=1S/C16H12Cl2N4O2/c17-11-5-10(16(24)12(18)6-11)7-20-21-15(23)8-22-9-19-13-3-1-2-4-14(13)22/h1-7,9,24H,8H2,(H,21,23)/b20-7+. The summed E-state index contributed by atoms with van der Waals surface area (Å²) < 4.78 is 1.72. The molecule has 1 heterocycles. The summed E-state index contributed by atoms with van der Waals surface area (Å²) in [5.74, 6) is -0.485. The number of phenolic OH excluding ortho intramolecular Hbond substituents is 1. The molecular weight excluding hydrogens is 351 g/mol. The van der Waals surface area contributed by atoms with Crippen molar-refractivity contribution in [2.24, 2.45) is 5.10 Å². The van der Waals surface area contributed by atoms with Crippen molar-refractivity contribution in [3.05, 3.63) is 58.3 Å². The third-order valence-electron chi connectivity index (χ3n) is 3.29. The number of rotatable bonds is 4. The van der Waals surface area contributed by atoms with Crippen molar-refractivity contribution in [2.75, 3.05) is 0 Å². The minimum Gasteiger partial charge on any atom is -0.506 e. The van der Waals surface area contributed by atoms with E-state index >= 15 is 0 Å². The summed E-state index contributed by atoms with van der Waals surface area (Å²) in [5, 5.41) is 14.1. The lowest BCUT2D eigenvalue weighted by Crippen LogP contribution is -2.22. The predicted octanol–water partition coefficient (Wildman–Crippen LogP) is 3.20. The normalized spacial score (nSPS) is 11.2. The third kappa shape index (κ3) is 3.50. The molecule has 0 atom stereocenters. The number of benzene rings is 2. The molecule has 6 nitrogen and oxygen atoms in total. The van der Waals surface area contributed by atoms with E-state index in [1.807, 2.05) is 24.3 Å². The molecule has 122 valence electrons. The largest absolute Gasteiger partial charge is 0.506 e. The minimum atomic E-state index is -0.331. The number of aromatic nitrogens is 2. The summed E-state index contributed by atoms with van der Waals surface area (Å²) in [7, 11) is 0. The maximum absolute atomic E-state index is 12.0. The first-order chi connectivity index (χ1) is 11.5. The van der Waals surface area contributed by atoms with Gasteiger partial charge in [-0.15, -0.1) is 0 Å². The number of nitrogens with one attached hydrogen (secondary N) is 1. The first-order valence-corrected chi connectivity index (χ1v) is 7.70. The number of amides is 1. The molecule has 1 amide bonds. The van der Waals surface area contributed by atoms with Crippen LogP contribution in [0.5, 0.6) is 5.75 Å². The molecule has 24 heavy (non-hydrogen) atoms. The topological polar surface area (TPSA) is 79.5 Å². The molecular formula is C16H12Cl2N4O2. The SMILES string of the molecule is O=C(Cn1cnc2ccccc21)N/N=C/c1cc(Cl)cc(Cl)c1O. The zero-order valence-corrected chi connectivity index (χ0v) is 13.8. The van der Waals surface area contributed by atoms with Gasteiger partial charge in [0, 0.05) is 10.6 Å². The summed E-state index contributed by atoms with van der Waals surface area (Å²) >= 11 is 11.7. The highest BCUT2D eigenvalue weighted by molar-refractivity contribution is 6.36. The molecule has 1 aromatic heterocycles. The van der Waals surface area contributed by atoms with E-state index < -0.39 is 0 Å². The maximum atomic E-state index is 12.0. The van der Waals surface area contributed by atoms with Crippen molar-refractivity contribution < 1.29 is 9.90 Å². The second kappa shape index (κ2) is 6.90. The first-order valence-electron chi connectivity index (χ1n) is 6.94. The molecule has 0 aliphatic heterocycles. The Morgan fingerprint density at radius 2 is 2.12 bits per heavy atom. The fraction of sp³-hybridized carbons (Fsp3) is 0.0625. The Labute approximate surface area is 147 Å². The number of carbonyl (C=O) groups excluding carboxylic acids is 1. The van der Waals surface area contributed by atoms with E-state index in [-0.39, 0.29) is 23.2 Å². The molecule has 3 rings (SSSR count). The number of fused-ring (bicyclic) bond motifs is 1. The van der Waals surface area contributed by atoms with Crippen LogP contribution in [0, 0.1) is 0 Å². The monoisotopic (exact) mass is 362 g/mol. The fourth-order valence-electron chi connectivity index (χ4n) is 2.18. The Hall–Kier alpha value is -2.57. The van der Waals surface area contributed by atoms with Crippen molar-refractivity contribution in [1.29, 1.82) is 0 Å². The quantitative estimate of drug-likeness (QED) is 0.552. The lowest BCUT2D eigenvalue weighted by Gasteiger charge is -2.04. The highest BCUT2D eigenvalue weighted by Gasteiger charge is 2.08. The smallest absolute Gasteiger partial charge is 0.260 e. The number of hydrazone groups is 1. The van der Waals surface area contributed by atoms with Crippen LogP contribution in [-0.4, -0.2) is 26.8 Å². The number of para-hydroxylation sites is 2. The summed E-state index contributed by atoms with van der Waals surface area (Å²) in [4.78, 5) is 16.2. The first kappa shape index (κ1) is 16.3. The number of aromatic hydroxyl groups is 1. The summed E-state index contributed by atoms with van der Waals surface area (Å²) in [5.41, 5.74) is 4.36. The van der Waals surface area contributed by atoms with Gasteiger partial charge < -0.3 is 9.67 Å². The summed E-state index contributed by atoms with van der Waals surface area (Å²) in [6, 6.07) is 10.4. The number of hydrogen-bond acceptors (Lipinski definition) is 4. The molecule has 2 aromatic carbocycles. The van der Waals surface area contributed by atoms with Gasteiger partial charge in [0.05, 0.1) is 28.6 Å². The molecule has 0 aliphatic carbocycles. The van der Waals surface area contributed by atoms with E-state index in [0.29, 0.717) is 10.6 Å². The van der Waals surface area contributed by atoms with Gasteiger partial charge in [0.25, 0.3) is 5.91 Å². The van der Waals surface area contributed by atoms with Crippen LogP contribution in [0.25, 0.3) is 11.0 Å². The highest BCUT2D eigenvalue weighted by Crippen LogP contribution is 2.29. The van der Waals surface area contributed by atoms with Crippen LogP contribution in [0.2, 0.25) is 10.0 Å². The molecule has 2 N–H and O–H groups in total. The average molecular weight is 363 g/mol. The van der Waals surface area contributed by atoms with Gasteiger partial charge in [-0.3, -0.25) is 4.79 Å². The molecule has 0 radical (unpaired) electrons. The Bertz CT molecular complexity index is 937. The number of halogens is 2. The number of nitrogens with zero attached hydrogens (tertiary/aromatic N) is 3. The summed E-state index contributed by atoms with van der Waals surface area (Å²) in [6.45, 7) is 0.0696. The Kier molecular flexibility index (Phi) is 4.69. The number of hydrogen-bond donors (Lipinski definition) is 2. The molecule has 3 aromatic rings. The number of carbonyl (C=O) groups is 1. The van der Waals surface area contributed by atoms with Crippen molar-refractivity contribution in [3.8, 4) is 5.75 Å². The zero-order chi connectivity index (χ0) is 17.1. The van der Waals surface area contributed by atoms with Gasteiger partial charge in [-0.2, -0.15) is 5.10 Å². The molecule has 0 unspecified atom stereocenters. The van der Waals surface area contributed by atoms with Crippen LogP contribution in [-0.2, 0) is 11.3 Å². The van der Waals surface area contributed by atoms with Crippen molar-refractivity contribution >= 4 is 46.4 Å². The molecule has 0 saturated carbocycles. The third-order valence-corrected chi connectivity index (χ3v) is 3.80. The maximum Gasteiger partial charge on any atom is 0.260 e. The molecule has 8 heteroatoms. The van der Waals surface area contributed by atoms with Gasteiger partial charge >= 0.3 is 0 Å². The van der Waals surface area contributed by atoms with Gasteiger partial charge in [-0.05, 0) is 24.3 Å². The molecule has 0 spiro atoms. The summed E-state index contributed by atoms with van der Waals surface area (Å²) in [6.07, 6.45) is 2.87. The van der Waals surface area contributed by atoms with Gasteiger partial charge in [0.15, 0.2) is 0 Å². The molecule has 0 bridgehead atoms. The fourth-order valence-corrected chi connectivity index (χ4v) is 2.69. The van der Waals surface area contributed by atoms with Crippen molar-refractivity contribution in [1.82, 2.24) is 15.0 Å². The Morgan fingerprint density at radius 1 is 1.33 bits per heavy atom. The van der Waals surface area contributed by atoms with E-state index in [2.05, 4.69) is 15.5 Å². The van der Waals surface area contributed by atoms with Gasteiger partial charge in [-0.1, -0.05) is 35.3 Å². The lowest BCUT2D eigenvalue weighted by molar-refractivity contribution is -0.121. The zero-order valence-electron chi connectivity index (χ0n) is 12.3. The van der Waals surface area contributed by atoms with E-state index in [0.717, 1.165) is 11.0 Å². The number of imidazole rings is 1. The minimum absolute atomic E-state index is 0.0696. The van der Waals surface area contributed by atoms with Gasteiger partial charge in [0.2, 0.25) is 0 Å². The second-order valence-corrected chi connectivity index (χ2v) is 5.82. The molecule has 0 saturated heterocycles. The predicted molar refractivity (Wildman–Crippen MR) is 93.6 cm³/mol. The highest BCUT2D eigenvalue weighted by atomic mass is 35.5. The van der Waals surface area contributed by atoms with Crippen LogP contribution >= 0.6 is 23.2 Å². The van der Waals surface area contributed by atoms with Gasteiger partial charge in [-0.25, -0.2) is 10.4 Å². The van der Waals surface area contributed by atoms with E-state index in [1.165, 1.54) is 18.3 Å². The van der Waals surface area contributed by atoms with Crippen LogP contribution in [0.15, 0.2) is 47.8 Å². The Balaban J connectivity index is 1.68. The Morgan fingerprint density at radius 3 is 2.96 bits per heavy atom. The second-order valence-electron chi connectivity index (χ2n) is 4.98. The molecule has 0 fully saturated rings. The molecule has 0 aliphatic rings. The van der Waals surface area contributed by atoms with Crippen LogP contribution < -0.4 is 5.43 Å². The van der Waals surface area contributed by atoms with Gasteiger partial charge in [0.1, 0.15) is 12.3 Å². The lowest BCUT2D eigenvalue weighted by atomic mass is 10.2. The van der Waals surface area contributed by atoms with Crippen molar-refractivity contribution in [3.63, 3.8) is 0 Å². The number of phenols is 1. The van der Waals surface area contributed by atoms with Crippen LogP contribution in [0.1, 0.15) is 5.56 Å². The van der Waals surface area contributed by atoms with E-state index in [4.69, 9.17) is 23.2 Å². The van der Waals surface area contributed by atoms with E-state index in [9.17, 15) is 9.90 Å². The van der Waals surface area contributed by atoms with Crippen LogP contribution in [0.4, 0.5) is 0 Å².